The van der Waals surface area contributed by atoms with Crippen molar-refractivity contribution in [2.24, 2.45) is 0 Å². The minimum absolute atomic E-state index is 0.150. The van der Waals surface area contributed by atoms with Gasteiger partial charge in [-0.05, 0) is 43.5 Å². The fraction of sp³-hybridized carbons (Fsp3) is 0.500. The summed E-state index contributed by atoms with van der Waals surface area (Å²) in [5.41, 5.74) is 0. The number of carbonyl (C=O) groups is 1. The first-order chi connectivity index (χ1) is 8.75. The normalized spacial score (nSPS) is 15.5. The van der Waals surface area contributed by atoms with E-state index in [1.807, 2.05) is 4.90 Å². The molecule has 0 saturated carbocycles. The molecule has 1 aromatic rings. The van der Waals surface area contributed by atoms with Crippen LogP contribution >= 0.6 is 0 Å². The lowest BCUT2D eigenvalue weighted by molar-refractivity contribution is -0.132. The van der Waals surface area contributed by atoms with Crippen LogP contribution in [0.15, 0.2) is 24.3 Å². The fourth-order valence-electron chi connectivity index (χ4n) is 2.09. The van der Waals surface area contributed by atoms with Crippen LogP contribution in [0.4, 0.5) is 4.39 Å². The summed E-state index contributed by atoms with van der Waals surface area (Å²) in [7, 11) is 0. The third-order valence-corrected chi connectivity index (χ3v) is 3.11. The lowest BCUT2D eigenvalue weighted by Crippen LogP contribution is -2.36. The molecule has 18 heavy (non-hydrogen) atoms. The van der Waals surface area contributed by atoms with Crippen LogP contribution in [-0.2, 0) is 4.79 Å². The molecule has 1 aliphatic heterocycles. The molecule has 0 aliphatic carbocycles. The zero-order valence-electron chi connectivity index (χ0n) is 10.4. The monoisotopic (exact) mass is 251 g/mol. The summed E-state index contributed by atoms with van der Waals surface area (Å²) < 4.78 is 18.1. The molecule has 4 heteroatoms. The lowest BCUT2D eigenvalue weighted by atomic mass is 10.1. The van der Waals surface area contributed by atoms with Crippen LogP contribution in [-0.4, -0.2) is 30.5 Å². The predicted octanol–water partition coefficient (Wildman–Crippen LogP) is 2.61. The number of benzene rings is 1. The number of amides is 1. The van der Waals surface area contributed by atoms with E-state index in [0.29, 0.717) is 18.8 Å². The van der Waals surface area contributed by atoms with Gasteiger partial charge >= 0.3 is 0 Å². The summed E-state index contributed by atoms with van der Waals surface area (Å²) >= 11 is 0. The van der Waals surface area contributed by atoms with E-state index in [9.17, 15) is 9.18 Å². The number of hydrogen-bond donors (Lipinski definition) is 0. The van der Waals surface area contributed by atoms with E-state index >= 15 is 0 Å². The first-order valence-corrected chi connectivity index (χ1v) is 6.42. The molecule has 1 aliphatic rings. The first kappa shape index (κ1) is 12.9. The Bertz CT molecular complexity index is 385. The Kier molecular flexibility index (Phi) is 4.56. The molecule has 98 valence electrons. The van der Waals surface area contributed by atoms with E-state index in [-0.39, 0.29) is 11.7 Å². The first-order valence-electron chi connectivity index (χ1n) is 6.42. The summed E-state index contributed by atoms with van der Waals surface area (Å²) in [4.78, 5) is 13.7. The molecule has 1 aromatic carbocycles. The van der Waals surface area contributed by atoms with E-state index in [4.69, 9.17) is 4.74 Å². The van der Waals surface area contributed by atoms with Gasteiger partial charge in [-0.1, -0.05) is 0 Å². The number of halogens is 1. The van der Waals surface area contributed by atoms with Crippen LogP contribution in [0.3, 0.4) is 0 Å². The van der Waals surface area contributed by atoms with Gasteiger partial charge in [-0.2, -0.15) is 0 Å². The summed E-state index contributed by atoms with van der Waals surface area (Å²) in [6, 6.07) is 5.84. The average molecular weight is 251 g/mol. The zero-order chi connectivity index (χ0) is 12.8. The van der Waals surface area contributed by atoms with Crippen molar-refractivity contribution >= 4 is 5.91 Å². The van der Waals surface area contributed by atoms with Gasteiger partial charge in [0, 0.05) is 13.1 Å². The maximum Gasteiger partial charge on any atom is 0.225 e. The minimum Gasteiger partial charge on any atom is -0.493 e. The van der Waals surface area contributed by atoms with E-state index in [0.717, 1.165) is 25.9 Å². The van der Waals surface area contributed by atoms with Crippen LogP contribution in [0.2, 0.25) is 0 Å². The quantitative estimate of drug-likeness (QED) is 0.823. The van der Waals surface area contributed by atoms with Gasteiger partial charge < -0.3 is 9.64 Å². The van der Waals surface area contributed by atoms with Crippen LogP contribution < -0.4 is 4.74 Å². The summed E-state index contributed by atoms with van der Waals surface area (Å²) in [6.45, 7) is 2.09. The highest BCUT2D eigenvalue weighted by Crippen LogP contribution is 2.13. The Morgan fingerprint density at radius 3 is 2.50 bits per heavy atom. The Balaban J connectivity index is 1.71. The van der Waals surface area contributed by atoms with Crippen molar-refractivity contribution < 1.29 is 13.9 Å². The molecular formula is C14H18FNO2. The Morgan fingerprint density at radius 1 is 1.17 bits per heavy atom. The maximum atomic E-state index is 12.7. The molecule has 0 spiro atoms. The molecule has 0 aromatic heterocycles. The van der Waals surface area contributed by atoms with Gasteiger partial charge in [-0.25, -0.2) is 4.39 Å². The van der Waals surface area contributed by atoms with Gasteiger partial charge in [0.1, 0.15) is 11.6 Å². The largest absolute Gasteiger partial charge is 0.493 e. The van der Waals surface area contributed by atoms with Crippen molar-refractivity contribution in [2.75, 3.05) is 19.7 Å². The lowest BCUT2D eigenvalue weighted by Gasteiger charge is -2.26. The average Bonchev–Trinajstić information content (AvgIpc) is 2.42. The van der Waals surface area contributed by atoms with E-state index in [1.165, 1.54) is 18.6 Å². The van der Waals surface area contributed by atoms with E-state index < -0.39 is 0 Å². The molecule has 0 unspecified atom stereocenters. The van der Waals surface area contributed by atoms with E-state index in [1.54, 1.807) is 12.1 Å². The van der Waals surface area contributed by atoms with Gasteiger partial charge in [0.05, 0.1) is 13.0 Å². The molecule has 1 heterocycles. The molecule has 0 bridgehead atoms. The highest BCUT2D eigenvalue weighted by molar-refractivity contribution is 5.76. The molecule has 0 atom stereocenters. The number of ether oxygens (including phenoxy) is 1. The molecule has 1 saturated heterocycles. The van der Waals surface area contributed by atoms with Crippen molar-refractivity contribution in [2.45, 2.75) is 25.7 Å². The van der Waals surface area contributed by atoms with Crippen molar-refractivity contribution in [1.82, 2.24) is 4.90 Å². The van der Waals surface area contributed by atoms with Crippen LogP contribution in [0, 0.1) is 5.82 Å². The Morgan fingerprint density at radius 2 is 1.83 bits per heavy atom. The topological polar surface area (TPSA) is 29.5 Å². The third-order valence-electron chi connectivity index (χ3n) is 3.11. The summed E-state index contributed by atoms with van der Waals surface area (Å²) in [5, 5.41) is 0. The van der Waals surface area contributed by atoms with Crippen LogP contribution in [0.1, 0.15) is 25.7 Å². The number of rotatable bonds is 4. The number of hydrogen-bond acceptors (Lipinski definition) is 2. The molecule has 0 radical (unpaired) electrons. The minimum atomic E-state index is -0.285. The van der Waals surface area contributed by atoms with Crippen molar-refractivity contribution in [3.63, 3.8) is 0 Å². The van der Waals surface area contributed by atoms with Crippen LogP contribution in [0.25, 0.3) is 0 Å². The number of likely N-dealkylation sites (tertiary alicyclic amines) is 1. The van der Waals surface area contributed by atoms with Crippen molar-refractivity contribution in [1.29, 1.82) is 0 Å². The second-order valence-electron chi connectivity index (χ2n) is 4.49. The van der Waals surface area contributed by atoms with Gasteiger partial charge in [0.2, 0.25) is 5.91 Å². The SMILES string of the molecule is O=C(CCOc1ccc(F)cc1)N1CCCCC1. The highest BCUT2D eigenvalue weighted by atomic mass is 19.1. The van der Waals surface area contributed by atoms with Crippen molar-refractivity contribution in [3.8, 4) is 5.75 Å². The standard InChI is InChI=1S/C14H18FNO2/c15-12-4-6-13(7-5-12)18-11-8-14(17)16-9-2-1-3-10-16/h4-7H,1-3,8-11H2. The Labute approximate surface area is 107 Å². The predicted molar refractivity (Wildman–Crippen MR) is 66.9 cm³/mol. The van der Waals surface area contributed by atoms with Gasteiger partial charge in [-0.3, -0.25) is 4.79 Å². The molecule has 1 amide bonds. The third kappa shape index (κ3) is 3.72. The second-order valence-corrected chi connectivity index (χ2v) is 4.49. The second kappa shape index (κ2) is 6.38. The Hall–Kier alpha value is -1.58. The van der Waals surface area contributed by atoms with Crippen LogP contribution in [0.5, 0.6) is 5.75 Å². The van der Waals surface area contributed by atoms with E-state index in [2.05, 4.69) is 0 Å². The van der Waals surface area contributed by atoms with Gasteiger partial charge in [-0.15, -0.1) is 0 Å². The maximum absolute atomic E-state index is 12.7. The molecular weight excluding hydrogens is 233 g/mol. The fourth-order valence-corrected chi connectivity index (χ4v) is 2.09. The number of piperidine rings is 1. The summed E-state index contributed by atoms with van der Waals surface area (Å²) in [5.74, 6) is 0.464. The molecule has 2 rings (SSSR count). The molecule has 1 fully saturated rings. The van der Waals surface area contributed by atoms with Gasteiger partial charge in [0.25, 0.3) is 0 Å². The summed E-state index contributed by atoms with van der Waals surface area (Å²) in [6.07, 6.45) is 3.81. The smallest absolute Gasteiger partial charge is 0.225 e. The van der Waals surface area contributed by atoms with Gasteiger partial charge in [0.15, 0.2) is 0 Å². The molecule has 0 N–H and O–H groups in total. The molecule has 3 nitrogen and oxygen atoms in total. The number of nitrogens with zero attached hydrogens (tertiary/aromatic N) is 1. The van der Waals surface area contributed by atoms with Crippen molar-refractivity contribution in [3.05, 3.63) is 30.1 Å². The zero-order valence-corrected chi connectivity index (χ0v) is 10.4. The highest BCUT2D eigenvalue weighted by Gasteiger charge is 2.15. The number of carbonyl (C=O) groups excluding carboxylic acids is 1.